The number of hydrogen-bond donors (Lipinski definition) is 3. The summed E-state index contributed by atoms with van der Waals surface area (Å²) in [5.74, 6) is -3.21. The first-order valence-corrected chi connectivity index (χ1v) is 12.4. The summed E-state index contributed by atoms with van der Waals surface area (Å²) in [6.45, 7) is 0. The number of nitrogens with two attached hydrogens (primary N) is 1. The predicted molar refractivity (Wildman–Crippen MR) is 120 cm³/mol. The number of rotatable bonds is 7. The van der Waals surface area contributed by atoms with Crippen LogP contribution in [-0.2, 0) is 16.0 Å². The summed E-state index contributed by atoms with van der Waals surface area (Å²) in [7, 11) is 0. The van der Waals surface area contributed by atoms with Gasteiger partial charge in [-0.1, -0.05) is 0 Å². The number of hydrogen-bond acceptors (Lipinski definition) is 4. The largest absolute Gasteiger partial charge is 0.393 e. The van der Waals surface area contributed by atoms with Crippen LogP contribution in [0.2, 0.25) is 0 Å². The number of benzene rings is 1. The molecule has 0 spiro atoms. The van der Waals surface area contributed by atoms with E-state index in [0.29, 0.717) is 31.7 Å². The Hall–Kier alpha value is -2.13. The first kappa shape index (κ1) is 25.0. The summed E-state index contributed by atoms with van der Waals surface area (Å²) in [5, 5.41) is 12.6. The molecule has 3 unspecified atom stereocenters. The van der Waals surface area contributed by atoms with Crippen molar-refractivity contribution in [2.24, 2.45) is 11.7 Å². The minimum atomic E-state index is -1.22. The van der Waals surface area contributed by atoms with Crippen molar-refractivity contribution in [3.63, 3.8) is 0 Å². The highest BCUT2D eigenvalue weighted by molar-refractivity contribution is 5.84. The summed E-state index contributed by atoms with van der Waals surface area (Å²) in [4.78, 5) is 27.1. The Morgan fingerprint density at radius 1 is 0.971 bits per heavy atom. The van der Waals surface area contributed by atoms with Gasteiger partial charge in [0.05, 0.1) is 6.10 Å². The van der Waals surface area contributed by atoms with Crippen LogP contribution in [0.1, 0.15) is 69.8 Å². The van der Waals surface area contributed by atoms with Crippen LogP contribution >= 0.6 is 0 Å². The molecule has 2 saturated heterocycles. The van der Waals surface area contributed by atoms with Gasteiger partial charge in [-0.3, -0.25) is 9.59 Å². The number of nitrogens with zero attached hydrogens (tertiary/aromatic N) is 1. The van der Waals surface area contributed by atoms with Crippen LogP contribution in [0, 0.1) is 23.4 Å². The lowest BCUT2D eigenvalue weighted by molar-refractivity contribution is -0.138. The van der Waals surface area contributed by atoms with Crippen LogP contribution in [0.15, 0.2) is 12.1 Å². The van der Waals surface area contributed by atoms with Crippen molar-refractivity contribution in [2.75, 3.05) is 0 Å². The highest BCUT2D eigenvalue weighted by Crippen LogP contribution is 2.40. The van der Waals surface area contributed by atoms with Gasteiger partial charge in [0, 0.05) is 43.1 Å². The average Bonchev–Trinajstić information content (AvgIpc) is 3.06. The minimum Gasteiger partial charge on any atom is -0.393 e. The fourth-order valence-corrected chi connectivity index (χ4v) is 5.99. The van der Waals surface area contributed by atoms with Gasteiger partial charge in [0.25, 0.3) is 0 Å². The molecule has 0 aromatic heterocycles. The van der Waals surface area contributed by atoms with Crippen LogP contribution in [0.3, 0.4) is 0 Å². The molecule has 1 aliphatic carbocycles. The molecule has 6 nitrogen and oxygen atoms in total. The Morgan fingerprint density at radius 2 is 1.59 bits per heavy atom. The van der Waals surface area contributed by atoms with E-state index in [1.165, 1.54) is 0 Å². The van der Waals surface area contributed by atoms with Gasteiger partial charge in [-0.05, 0) is 75.3 Å². The number of carbonyl (C=O) groups is 2. The van der Waals surface area contributed by atoms with Crippen LogP contribution in [0.5, 0.6) is 0 Å². The molecule has 4 rings (SSSR count). The van der Waals surface area contributed by atoms with Crippen molar-refractivity contribution in [2.45, 2.75) is 101 Å². The second-order valence-electron chi connectivity index (χ2n) is 10.2. The van der Waals surface area contributed by atoms with E-state index < -0.39 is 23.5 Å². The van der Waals surface area contributed by atoms with Crippen molar-refractivity contribution < 1.29 is 27.9 Å². The lowest BCUT2D eigenvalue weighted by atomic mass is 9.82. The Kier molecular flexibility index (Phi) is 7.82. The lowest BCUT2D eigenvalue weighted by Crippen LogP contribution is -2.50. The molecule has 188 valence electrons. The van der Waals surface area contributed by atoms with Gasteiger partial charge in [0.1, 0.15) is 5.82 Å². The molecule has 9 heteroatoms. The third-order valence-corrected chi connectivity index (χ3v) is 7.84. The molecule has 1 aromatic carbocycles. The van der Waals surface area contributed by atoms with Crippen molar-refractivity contribution >= 4 is 11.8 Å². The maximum atomic E-state index is 14.0. The minimum absolute atomic E-state index is 0.0274. The van der Waals surface area contributed by atoms with Crippen LogP contribution < -0.4 is 11.1 Å². The van der Waals surface area contributed by atoms with Crippen molar-refractivity contribution in [1.29, 1.82) is 0 Å². The smallest absolute Gasteiger partial charge is 0.223 e. The van der Waals surface area contributed by atoms with Crippen molar-refractivity contribution in [1.82, 2.24) is 10.2 Å². The van der Waals surface area contributed by atoms with Crippen molar-refractivity contribution in [3.05, 3.63) is 35.1 Å². The van der Waals surface area contributed by atoms with E-state index >= 15 is 0 Å². The zero-order chi connectivity index (χ0) is 24.4. The van der Waals surface area contributed by atoms with Crippen LogP contribution in [0.25, 0.3) is 0 Å². The molecule has 3 fully saturated rings. The number of aliphatic hydroxyl groups is 1. The lowest BCUT2D eigenvalue weighted by Gasteiger charge is -2.41. The van der Waals surface area contributed by atoms with Gasteiger partial charge in [0.15, 0.2) is 11.6 Å². The number of fused-ring (bicyclic) bond motifs is 2. The van der Waals surface area contributed by atoms with Gasteiger partial charge in [-0.25, -0.2) is 13.2 Å². The monoisotopic (exact) mass is 481 g/mol. The van der Waals surface area contributed by atoms with Crippen LogP contribution in [-0.4, -0.2) is 52.1 Å². The molecule has 2 amide bonds. The molecular weight excluding hydrogens is 447 g/mol. The molecular formula is C25H34F3N3O3. The summed E-state index contributed by atoms with van der Waals surface area (Å²) < 4.78 is 40.8. The summed E-state index contributed by atoms with van der Waals surface area (Å²) in [5.41, 5.74) is 6.42. The maximum absolute atomic E-state index is 14.0. The van der Waals surface area contributed by atoms with E-state index in [1.807, 2.05) is 4.90 Å². The Balaban J connectivity index is 1.26. The first-order valence-electron chi connectivity index (χ1n) is 12.4. The normalized spacial score (nSPS) is 29.7. The third kappa shape index (κ3) is 5.74. The van der Waals surface area contributed by atoms with Gasteiger partial charge >= 0.3 is 0 Å². The van der Waals surface area contributed by atoms with Crippen molar-refractivity contribution in [3.8, 4) is 0 Å². The van der Waals surface area contributed by atoms with E-state index in [-0.39, 0.29) is 66.8 Å². The number of piperidine rings is 1. The Bertz CT molecular complexity index is 893. The molecule has 2 bridgehead atoms. The molecule has 3 aliphatic rings. The van der Waals surface area contributed by atoms with Gasteiger partial charge in [0.2, 0.25) is 11.8 Å². The summed E-state index contributed by atoms with van der Waals surface area (Å²) >= 11 is 0. The third-order valence-electron chi connectivity index (χ3n) is 7.84. The van der Waals surface area contributed by atoms with E-state index in [0.717, 1.165) is 31.7 Å². The van der Waals surface area contributed by atoms with E-state index in [4.69, 9.17) is 5.73 Å². The van der Waals surface area contributed by atoms with Gasteiger partial charge in [-0.2, -0.15) is 0 Å². The molecule has 2 heterocycles. The Morgan fingerprint density at radius 3 is 2.24 bits per heavy atom. The number of carbonyl (C=O) groups excluding carboxylic acids is 2. The van der Waals surface area contributed by atoms with E-state index in [2.05, 4.69) is 5.32 Å². The number of halogens is 3. The Labute approximate surface area is 198 Å². The predicted octanol–water partition coefficient (Wildman–Crippen LogP) is 2.94. The molecule has 2 aliphatic heterocycles. The fourth-order valence-electron chi connectivity index (χ4n) is 5.99. The topological polar surface area (TPSA) is 95.7 Å². The molecule has 3 atom stereocenters. The quantitative estimate of drug-likeness (QED) is 0.522. The molecule has 34 heavy (non-hydrogen) atoms. The SMILES string of the molecule is NC(Cc1cc(F)c(F)cc1F)C1CC2CCC(C1)N2C(=O)CCC(=O)NC1CCC(O)CC1. The fraction of sp³-hybridized carbons (Fsp3) is 0.680. The number of aliphatic hydroxyl groups excluding tert-OH is 1. The number of amides is 2. The zero-order valence-electron chi connectivity index (χ0n) is 19.3. The van der Waals surface area contributed by atoms with Gasteiger partial charge < -0.3 is 21.1 Å². The highest BCUT2D eigenvalue weighted by Gasteiger charge is 2.44. The van der Waals surface area contributed by atoms with Gasteiger partial charge in [-0.15, -0.1) is 0 Å². The van der Waals surface area contributed by atoms with E-state index in [1.54, 1.807) is 0 Å². The first-order chi connectivity index (χ1) is 16.2. The standard InChI is InChI=1S/C25H34F3N3O3/c26-20-13-22(28)21(27)11-14(20)12-23(29)15-9-17-3-4-18(10-15)31(17)25(34)8-7-24(33)30-16-1-5-19(32)6-2-16/h11,13,15-19,23,32H,1-10,12,29H2,(H,30,33). The second kappa shape index (κ2) is 10.6. The average molecular weight is 482 g/mol. The summed E-state index contributed by atoms with van der Waals surface area (Å²) in [6.07, 6.45) is 6.14. The summed E-state index contributed by atoms with van der Waals surface area (Å²) in [6, 6.07) is 1.16. The molecule has 4 N–H and O–H groups in total. The zero-order valence-corrected chi connectivity index (χ0v) is 19.3. The molecule has 1 aromatic rings. The van der Waals surface area contributed by atoms with E-state index in [9.17, 15) is 27.9 Å². The second-order valence-corrected chi connectivity index (χ2v) is 10.2. The molecule has 1 saturated carbocycles. The molecule has 0 radical (unpaired) electrons. The highest BCUT2D eigenvalue weighted by atomic mass is 19.2. The number of nitrogens with one attached hydrogen (secondary N) is 1. The maximum Gasteiger partial charge on any atom is 0.223 e. The van der Waals surface area contributed by atoms with Crippen LogP contribution in [0.4, 0.5) is 13.2 Å².